The van der Waals surface area contributed by atoms with Gasteiger partial charge in [-0.3, -0.25) is 0 Å². The first-order valence-corrected chi connectivity index (χ1v) is 7.39. The largest absolute Gasteiger partial charge is 0.389 e. The predicted octanol–water partition coefficient (Wildman–Crippen LogP) is 4.96. The van der Waals surface area contributed by atoms with E-state index in [1.807, 2.05) is 12.1 Å². The van der Waals surface area contributed by atoms with E-state index in [9.17, 15) is 5.11 Å². The lowest BCUT2D eigenvalue weighted by atomic mass is 10.1. The highest BCUT2D eigenvalue weighted by atomic mass is 79.9. The third kappa shape index (κ3) is 3.37. The average molecular weight is 323 g/mol. The minimum atomic E-state index is -0.447. The Labute approximate surface area is 120 Å². The second-order valence-electron chi connectivity index (χ2n) is 4.28. The minimum Gasteiger partial charge on any atom is -0.389 e. The molecule has 2 rings (SSSR count). The van der Waals surface area contributed by atoms with Crippen molar-refractivity contribution in [3.8, 4) is 0 Å². The molecule has 0 bridgehead atoms. The molecule has 2 aromatic carbocycles. The van der Waals surface area contributed by atoms with Crippen LogP contribution in [0.5, 0.6) is 0 Å². The van der Waals surface area contributed by atoms with E-state index in [1.54, 1.807) is 18.7 Å². The van der Waals surface area contributed by atoms with Crippen molar-refractivity contribution in [3.63, 3.8) is 0 Å². The van der Waals surface area contributed by atoms with E-state index < -0.39 is 6.10 Å². The lowest BCUT2D eigenvalue weighted by molar-refractivity contribution is 0.198. The van der Waals surface area contributed by atoms with Gasteiger partial charge < -0.3 is 5.11 Å². The Bertz CT molecular complexity index is 552. The molecular weight excluding hydrogens is 308 g/mol. The van der Waals surface area contributed by atoms with Gasteiger partial charge >= 0.3 is 0 Å². The van der Waals surface area contributed by atoms with Crippen LogP contribution in [-0.4, -0.2) is 5.11 Å². The molecule has 94 valence electrons. The number of rotatable bonds is 3. The molecule has 0 saturated heterocycles. The van der Waals surface area contributed by atoms with Crippen molar-refractivity contribution in [1.82, 2.24) is 0 Å². The highest BCUT2D eigenvalue weighted by Gasteiger charge is 2.07. The van der Waals surface area contributed by atoms with Crippen LogP contribution in [0.15, 0.2) is 56.7 Å². The van der Waals surface area contributed by atoms with E-state index in [0.717, 1.165) is 14.9 Å². The zero-order valence-electron chi connectivity index (χ0n) is 10.4. The van der Waals surface area contributed by atoms with E-state index in [4.69, 9.17) is 0 Å². The van der Waals surface area contributed by atoms with E-state index in [-0.39, 0.29) is 0 Å². The second kappa shape index (κ2) is 5.91. The summed E-state index contributed by atoms with van der Waals surface area (Å²) in [6, 6.07) is 14.5. The van der Waals surface area contributed by atoms with Gasteiger partial charge in [-0.15, -0.1) is 0 Å². The summed E-state index contributed by atoms with van der Waals surface area (Å²) >= 11 is 5.23. The Morgan fingerprint density at radius 2 is 1.83 bits per heavy atom. The molecule has 0 saturated carbocycles. The van der Waals surface area contributed by atoms with Gasteiger partial charge in [0, 0.05) is 14.3 Å². The minimum absolute atomic E-state index is 0.447. The molecule has 0 aromatic heterocycles. The summed E-state index contributed by atoms with van der Waals surface area (Å²) in [6.07, 6.45) is -0.447. The molecule has 0 heterocycles. The first-order valence-electron chi connectivity index (χ1n) is 5.78. The lowest BCUT2D eigenvalue weighted by Crippen LogP contribution is -1.92. The maximum absolute atomic E-state index is 9.58. The Hall–Kier alpha value is -0.770. The maximum Gasteiger partial charge on any atom is 0.0772 e. The Morgan fingerprint density at radius 1 is 1.11 bits per heavy atom. The Kier molecular flexibility index (Phi) is 4.49. The molecule has 0 aliphatic carbocycles. The molecule has 1 atom stereocenters. The van der Waals surface area contributed by atoms with E-state index in [0.29, 0.717) is 0 Å². The maximum atomic E-state index is 9.58. The van der Waals surface area contributed by atoms with Crippen LogP contribution in [0, 0.1) is 6.92 Å². The van der Waals surface area contributed by atoms with Gasteiger partial charge in [-0.25, -0.2) is 0 Å². The van der Waals surface area contributed by atoms with Crippen LogP contribution in [0.2, 0.25) is 0 Å². The summed E-state index contributed by atoms with van der Waals surface area (Å²) in [7, 11) is 0. The summed E-state index contributed by atoms with van der Waals surface area (Å²) in [5, 5.41) is 9.58. The number of hydrogen-bond donors (Lipinski definition) is 1. The molecule has 1 N–H and O–H groups in total. The smallest absolute Gasteiger partial charge is 0.0772 e. The van der Waals surface area contributed by atoms with Crippen molar-refractivity contribution < 1.29 is 5.11 Å². The Balaban J connectivity index is 2.23. The Morgan fingerprint density at radius 3 is 2.44 bits per heavy atom. The lowest BCUT2D eigenvalue weighted by Gasteiger charge is -2.09. The number of halogens is 1. The normalized spacial score (nSPS) is 12.4. The van der Waals surface area contributed by atoms with Gasteiger partial charge in [0.25, 0.3) is 0 Å². The van der Waals surface area contributed by atoms with E-state index in [2.05, 4.69) is 53.2 Å². The summed E-state index contributed by atoms with van der Waals surface area (Å²) in [5.41, 5.74) is 2.18. The molecule has 0 radical (unpaired) electrons. The van der Waals surface area contributed by atoms with Crippen molar-refractivity contribution in [2.24, 2.45) is 0 Å². The van der Waals surface area contributed by atoms with Crippen LogP contribution in [0.3, 0.4) is 0 Å². The third-order valence-electron chi connectivity index (χ3n) is 2.65. The molecule has 1 nitrogen and oxygen atoms in total. The second-order valence-corrected chi connectivity index (χ2v) is 6.28. The monoisotopic (exact) mass is 322 g/mol. The molecule has 18 heavy (non-hydrogen) atoms. The van der Waals surface area contributed by atoms with Crippen molar-refractivity contribution in [1.29, 1.82) is 0 Å². The molecule has 3 heteroatoms. The molecule has 0 aliphatic rings. The van der Waals surface area contributed by atoms with Crippen molar-refractivity contribution >= 4 is 27.7 Å². The number of aryl methyl sites for hydroxylation is 1. The molecule has 1 unspecified atom stereocenters. The molecule has 0 amide bonds. The summed E-state index contributed by atoms with van der Waals surface area (Å²) in [5.74, 6) is 0. The van der Waals surface area contributed by atoms with E-state index in [1.165, 1.54) is 10.5 Å². The van der Waals surface area contributed by atoms with Crippen LogP contribution in [-0.2, 0) is 0 Å². The number of benzene rings is 2. The number of hydrogen-bond acceptors (Lipinski definition) is 2. The number of aliphatic hydroxyl groups excluding tert-OH is 1. The van der Waals surface area contributed by atoms with Gasteiger partial charge in [0.2, 0.25) is 0 Å². The molecule has 2 aromatic rings. The van der Waals surface area contributed by atoms with Crippen LogP contribution >= 0.6 is 27.7 Å². The molecule has 0 spiro atoms. The number of aliphatic hydroxyl groups is 1. The van der Waals surface area contributed by atoms with E-state index >= 15 is 0 Å². The van der Waals surface area contributed by atoms with Gasteiger partial charge in [0.1, 0.15) is 0 Å². The van der Waals surface area contributed by atoms with Crippen LogP contribution in [0.25, 0.3) is 0 Å². The first kappa shape index (κ1) is 13.7. The predicted molar refractivity (Wildman–Crippen MR) is 80.1 cm³/mol. The summed E-state index contributed by atoms with van der Waals surface area (Å²) < 4.78 is 0.954. The molecular formula is C15H15BrOS. The first-order chi connectivity index (χ1) is 8.56. The fraction of sp³-hybridized carbons (Fsp3) is 0.200. The van der Waals surface area contributed by atoms with Gasteiger partial charge in [-0.1, -0.05) is 51.5 Å². The zero-order valence-corrected chi connectivity index (χ0v) is 12.8. The van der Waals surface area contributed by atoms with Gasteiger partial charge in [0.05, 0.1) is 6.10 Å². The van der Waals surface area contributed by atoms with Crippen LogP contribution in [0.4, 0.5) is 0 Å². The van der Waals surface area contributed by atoms with Crippen LogP contribution in [0.1, 0.15) is 24.2 Å². The molecule has 0 aliphatic heterocycles. The standard InChI is InChI=1S/C15H15BrOS/c1-10-4-3-5-12(8-10)18-13-6-7-14(11(2)17)15(16)9-13/h3-9,11,17H,1-2H3. The average Bonchev–Trinajstić information content (AvgIpc) is 2.28. The summed E-state index contributed by atoms with van der Waals surface area (Å²) in [4.78, 5) is 2.39. The fourth-order valence-electron chi connectivity index (χ4n) is 1.73. The highest BCUT2D eigenvalue weighted by molar-refractivity contribution is 9.10. The topological polar surface area (TPSA) is 20.2 Å². The SMILES string of the molecule is Cc1cccc(Sc2ccc(C(C)O)c(Br)c2)c1. The van der Waals surface area contributed by atoms with Gasteiger partial charge in [-0.05, 0) is 43.7 Å². The summed E-state index contributed by atoms with van der Waals surface area (Å²) in [6.45, 7) is 3.87. The van der Waals surface area contributed by atoms with Crippen molar-refractivity contribution in [2.75, 3.05) is 0 Å². The van der Waals surface area contributed by atoms with Gasteiger partial charge in [0.15, 0.2) is 0 Å². The fourth-order valence-corrected chi connectivity index (χ4v) is 3.56. The zero-order chi connectivity index (χ0) is 13.1. The molecule has 0 fully saturated rings. The van der Waals surface area contributed by atoms with Crippen molar-refractivity contribution in [2.45, 2.75) is 29.7 Å². The van der Waals surface area contributed by atoms with Crippen molar-refractivity contribution in [3.05, 3.63) is 58.1 Å². The highest BCUT2D eigenvalue weighted by Crippen LogP contribution is 2.33. The van der Waals surface area contributed by atoms with Crippen LogP contribution < -0.4 is 0 Å². The van der Waals surface area contributed by atoms with Gasteiger partial charge in [-0.2, -0.15) is 0 Å². The quantitative estimate of drug-likeness (QED) is 0.861. The third-order valence-corrected chi connectivity index (χ3v) is 4.31.